The van der Waals surface area contributed by atoms with E-state index in [1.807, 2.05) is 6.92 Å². The van der Waals surface area contributed by atoms with Crippen LogP contribution in [0.2, 0.25) is 0 Å². The van der Waals surface area contributed by atoms with E-state index >= 15 is 0 Å². The van der Waals surface area contributed by atoms with Crippen LogP contribution in [-0.2, 0) is 9.53 Å². The number of methoxy groups -OCH3 is 2. The van der Waals surface area contributed by atoms with Crippen molar-refractivity contribution in [2.24, 2.45) is 0 Å². The van der Waals surface area contributed by atoms with E-state index in [2.05, 4.69) is 26.6 Å². The normalized spacial score (nSPS) is 17.4. The minimum absolute atomic E-state index is 0.111. The summed E-state index contributed by atoms with van der Waals surface area (Å²) in [7, 11) is 2.71. The van der Waals surface area contributed by atoms with Gasteiger partial charge in [0.05, 0.1) is 30.3 Å². The van der Waals surface area contributed by atoms with Gasteiger partial charge in [-0.15, -0.1) is 0 Å². The van der Waals surface area contributed by atoms with Gasteiger partial charge in [-0.3, -0.25) is 0 Å². The zero-order valence-corrected chi connectivity index (χ0v) is 14.5. The molecule has 124 valence electrons. The van der Waals surface area contributed by atoms with Gasteiger partial charge in [-0.2, -0.15) is 0 Å². The molecule has 0 radical (unpaired) electrons. The number of carbonyl (C=O) groups is 2. The van der Waals surface area contributed by atoms with Crippen LogP contribution < -0.4 is 15.4 Å². The molecule has 23 heavy (non-hydrogen) atoms. The minimum atomic E-state index is -0.752. The number of ether oxygens (including phenoxy) is 2. The summed E-state index contributed by atoms with van der Waals surface area (Å²) in [4.78, 5) is 24.1. The number of phenols is 1. The van der Waals surface area contributed by atoms with Crippen LogP contribution in [0.5, 0.6) is 11.5 Å². The summed E-state index contributed by atoms with van der Waals surface area (Å²) in [6.45, 7) is 1.82. The lowest BCUT2D eigenvalue weighted by atomic mass is 9.94. The second-order valence-electron chi connectivity index (χ2n) is 4.79. The molecule has 2 amide bonds. The van der Waals surface area contributed by atoms with Gasteiger partial charge in [0.15, 0.2) is 11.5 Å². The molecule has 2 rings (SSSR count). The van der Waals surface area contributed by atoms with Gasteiger partial charge in [-0.25, -0.2) is 9.59 Å². The highest BCUT2D eigenvalue weighted by Crippen LogP contribution is 2.41. The zero-order valence-electron chi connectivity index (χ0n) is 12.9. The van der Waals surface area contributed by atoms with E-state index in [9.17, 15) is 14.7 Å². The van der Waals surface area contributed by atoms with Crippen LogP contribution >= 0.6 is 15.9 Å². The monoisotopic (exact) mass is 384 g/mol. The molecule has 1 heterocycles. The van der Waals surface area contributed by atoms with E-state index in [0.717, 1.165) is 0 Å². The molecule has 0 saturated heterocycles. The number of phenolic OH excluding ortho intramolecular Hbond substituents is 1. The molecule has 0 bridgehead atoms. The van der Waals surface area contributed by atoms with Crippen molar-refractivity contribution in [2.45, 2.75) is 19.4 Å². The average molecular weight is 385 g/mol. The molecule has 1 aromatic carbocycles. The topological polar surface area (TPSA) is 96.9 Å². The minimum Gasteiger partial charge on any atom is -0.503 e. The fourth-order valence-corrected chi connectivity index (χ4v) is 2.99. The molecule has 1 aliphatic rings. The third kappa shape index (κ3) is 3.12. The Hall–Kier alpha value is -2.22. The molecule has 0 spiro atoms. The maximum absolute atomic E-state index is 12.2. The average Bonchev–Trinajstić information content (AvgIpc) is 2.55. The first-order valence-electron chi connectivity index (χ1n) is 6.88. The van der Waals surface area contributed by atoms with Crippen molar-refractivity contribution in [1.82, 2.24) is 10.6 Å². The Balaban J connectivity index is 2.61. The van der Waals surface area contributed by atoms with E-state index in [4.69, 9.17) is 9.47 Å². The Morgan fingerprint density at radius 2 is 2.09 bits per heavy atom. The molecule has 1 aliphatic heterocycles. The summed E-state index contributed by atoms with van der Waals surface area (Å²) in [5.41, 5.74) is 1.29. The maximum atomic E-state index is 12.2. The second-order valence-corrected chi connectivity index (χ2v) is 5.58. The number of hydrogen-bond acceptors (Lipinski definition) is 5. The van der Waals surface area contributed by atoms with Crippen molar-refractivity contribution < 1.29 is 24.2 Å². The van der Waals surface area contributed by atoms with Gasteiger partial charge in [0.25, 0.3) is 0 Å². The highest BCUT2D eigenvalue weighted by atomic mass is 79.9. The summed E-state index contributed by atoms with van der Waals surface area (Å²) >= 11 is 3.29. The summed E-state index contributed by atoms with van der Waals surface area (Å²) in [5.74, 6) is -0.387. The Morgan fingerprint density at radius 1 is 1.39 bits per heavy atom. The molecule has 0 aliphatic carbocycles. The van der Waals surface area contributed by atoms with Crippen LogP contribution in [0.1, 0.15) is 24.9 Å². The number of urea groups is 1. The third-order valence-corrected chi connectivity index (χ3v) is 4.39. The molecular formula is C15H17BrN2O5. The number of allylic oxidation sites excluding steroid dienone is 1. The van der Waals surface area contributed by atoms with Crippen LogP contribution in [0.4, 0.5) is 4.79 Å². The van der Waals surface area contributed by atoms with Crippen molar-refractivity contribution in [3.05, 3.63) is 33.4 Å². The molecule has 7 nitrogen and oxygen atoms in total. The fraction of sp³-hybridized carbons (Fsp3) is 0.333. The number of amides is 2. The number of benzene rings is 1. The molecule has 8 heteroatoms. The molecule has 0 fully saturated rings. The smallest absolute Gasteiger partial charge is 0.337 e. The Labute approximate surface area is 141 Å². The van der Waals surface area contributed by atoms with E-state index in [0.29, 0.717) is 27.7 Å². The van der Waals surface area contributed by atoms with E-state index in [1.165, 1.54) is 14.2 Å². The lowest BCUT2D eigenvalue weighted by molar-refractivity contribution is -0.136. The number of halogens is 1. The van der Waals surface area contributed by atoms with Crippen molar-refractivity contribution in [3.63, 3.8) is 0 Å². The Bertz CT molecular complexity index is 687. The lowest BCUT2D eigenvalue weighted by Gasteiger charge is -2.29. The molecular weight excluding hydrogens is 368 g/mol. The van der Waals surface area contributed by atoms with Crippen LogP contribution in [0, 0.1) is 0 Å². The number of carbonyl (C=O) groups excluding carboxylic acids is 2. The predicted molar refractivity (Wildman–Crippen MR) is 86.1 cm³/mol. The first-order chi connectivity index (χ1) is 10.9. The van der Waals surface area contributed by atoms with Gasteiger partial charge < -0.3 is 25.2 Å². The van der Waals surface area contributed by atoms with Crippen molar-refractivity contribution in [2.75, 3.05) is 14.2 Å². The van der Waals surface area contributed by atoms with Crippen molar-refractivity contribution in [1.29, 1.82) is 0 Å². The van der Waals surface area contributed by atoms with Crippen molar-refractivity contribution in [3.8, 4) is 11.5 Å². The first kappa shape index (κ1) is 17.1. The summed E-state index contributed by atoms with van der Waals surface area (Å²) in [6.07, 6.45) is 0.452. The van der Waals surface area contributed by atoms with Crippen LogP contribution in [-0.4, -0.2) is 31.3 Å². The standard InChI is InChI=1S/C15H17BrN2O5/c1-4-8-10(14(20)23-3)12(18-15(21)17-8)7-5-6-9(22-2)13(19)11(7)16/h5-6,12,19H,4H2,1-3H3,(H2,17,18,21). The predicted octanol–water partition coefficient (Wildman–Crippen LogP) is 2.35. The number of aromatic hydroxyl groups is 1. The number of esters is 1. The van der Waals surface area contributed by atoms with Gasteiger partial charge in [-0.05, 0) is 34.0 Å². The number of rotatable bonds is 4. The molecule has 0 saturated carbocycles. The van der Waals surface area contributed by atoms with Gasteiger partial charge in [-0.1, -0.05) is 13.0 Å². The Kier molecular flexibility index (Phi) is 5.15. The second kappa shape index (κ2) is 6.91. The fourth-order valence-electron chi connectivity index (χ4n) is 2.43. The Morgan fingerprint density at radius 3 is 2.65 bits per heavy atom. The van der Waals surface area contributed by atoms with E-state index in [-0.39, 0.29) is 11.5 Å². The van der Waals surface area contributed by atoms with Crippen molar-refractivity contribution >= 4 is 27.9 Å². The quantitative estimate of drug-likeness (QED) is 0.692. The number of nitrogens with one attached hydrogen (secondary N) is 2. The molecule has 1 atom stereocenters. The van der Waals surface area contributed by atoms with Crippen LogP contribution in [0.15, 0.2) is 27.9 Å². The first-order valence-corrected chi connectivity index (χ1v) is 7.68. The molecule has 1 unspecified atom stereocenters. The third-order valence-electron chi connectivity index (χ3n) is 3.55. The molecule has 0 aromatic heterocycles. The molecule has 3 N–H and O–H groups in total. The van der Waals surface area contributed by atoms with Crippen LogP contribution in [0.25, 0.3) is 0 Å². The largest absolute Gasteiger partial charge is 0.503 e. The zero-order chi connectivity index (χ0) is 17.1. The molecule has 1 aromatic rings. The summed E-state index contributed by atoms with van der Waals surface area (Å²) < 4.78 is 10.2. The SMILES string of the molecule is CCC1=C(C(=O)OC)C(c2ccc(OC)c(O)c2Br)NC(=O)N1. The van der Waals surface area contributed by atoms with Gasteiger partial charge in [0.2, 0.25) is 0 Å². The summed E-state index contributed by atoms with van der Waals surface area (Å²) in [6, 6.07) is 2.04. The van der Waals surface area contributed by atoms with E-state index in [1.54, 1.807) is 12.1 Å². The van der Waals surface area contributed by atoms with Gasteiger partial charge in [0, 0.05) is 5.70 Å². The highest BCUT2D eigenvalue weighted by Gasteiger charge is 2.34. The highest BCUT2D eigenvalue weighted by molar-refractivity contribution is 9.10. The van der Waals surface area contributed by atoms with Crippen LogP contribution in [0.3, 0.4) is 0 Å². The van der Waals surface area contributed by atoms with Gasteiger partial charge in [0.1, 0.15) is 0 Å². The maximum Gasteiger partial charge on any atom is 0.337 e. The lowest BCUT2D eigenvalue weighted by Crippen LogP contribution is -2.45. The summed E-state index contributed by atoms with van der Waals surface area (Å²) in [5, 5.41) is 15.4. The van der Waals surface area contributed by atoms with Gasteiger partial charge >= 0.3 is 12.0 Å². The van der Waals surface area contributed by atoms with E-state index < -0.39 is 18.0 Å². The number of hydrogen-bond donors (Lipinski definition) is 3.